The van der Waals surface area contributed by atoms with E-state index in [1.54, 1.807) is 0 Å². The van der Waals surface area contributed by atoms with Gasteiger partial charge in [-0.3, -0.25) is 0 Å². The lowest BCUT2D eigenvalue weighted by Crippen LogP contribution is -2.11. The molecule has 52 heavy (non-hydrogen) atoms. The zero-order chi connectivity index (χ0) is 34.4. The van der Waals surface area contributed by atoms with Crippen molar-refractivity contribution in [1.29, 1.82) is 0 Å². The summed E-state index contributed by atoms with van der Waals surface area (Å²) in [4.78, 5) is 2.47. The Balaban J connectivity index is 1.11. The Morgan fingerprint density at radius 1 is 0.327 bits per heavy atom. The van der Waals surface area contributed by atoms with Crippen LogP contribution in [0.4, 0.5) is 17.1 Å². The number of nitrogens with zero attached hydrogens (tertiary/aromatic N) is 1. The van der Waals surface area contributed by atoms with Gasteiger partial charge in [0.2, 0.25) is 0 Å². The molecule has 0 amide bonds. The third-order valence-electron chi connectivity index (χ3n) is 10.2. The Labute approximate surface area is 307 Å². The van der Waals surface area contributed by atoms with Crippen LogP contribution in [0.15, 0.2) is 200 Å². The van der Waals surface area contributed by atoms with Crippen LogP contribution in [0.25, 0.3) is 75.1 Å². The van der Waals surface area contributed by atoms with Gasteiger partial charge in [0, 0.05) is 31.4 Å². The number of hydrogen-bond donors (Lipinski definition) is 0. The van der Waals surface area contributed by atoms with E-state index < -0.39 is 0 Å². The minimum atomic E-state index is 1.13. The van der Waals surface area contributed by atoms with Gasteiger partial charge in [0.25, 0.3) is 0 Å². The predicted octanol–water partition coefficient (Wildman–Crippen LogP) is 14.8. The van der Waals surface area contributed by atoms with E-state index in [1.165, 1.54) is 80.8 Å². The normalized spacial score (nSPS) is 11.5. The van der Waals surface area contributed by atoms with Gasteiger partial charge in [0.1, 0.15) is 0 Å². The third kappa shape index (κ3) is 5.33. The first-order valence-corrected chi connectivity index (χ1v) is 18.6. The van der Waals surface area contributed by atoms with Crippen molar-refractivity contribution in [3.05, 3.63) is 200 Å². The smallest absolute Gasteiger partial charge is 0.0555 e. The van der Waals surface area contributed by atoms with Crippen molar-refractivity contribution in [3.63, 3.8) is 0 Å². The van der Waals surface area contributed by atoms with Crippen LogP contribution in [0.5, 0.6) is 0 Å². The van der Waals surface area contributed by atoms with Gasteiger partial charge in [-0.25, -0.2) is 0 Å². The van der Waals surface area contributed by atoms with Gasteiger partial charge in [-0.05, 0) is 97.9 Å². The van der Waals surface area contributed by atoms with Crippen molar-refractivity contribution in [1.82, 2.24) is 0 Å². The highest BCUT2D eigenvalue weighted by molar-refractivity contribution is 7.26. The Hall–Kier alpha value is -6.48. The first-order chi connectivity index (χ1) is 25.8. The second-order valence-corrected chi connectivity index (χ2v) is 14.4. The molecule has 0 fully saturated rings. The van der Waals surface area contributed by atoms with Crippen molar-refractivity contribution < 1.29 is 0 Å². The second kappa shape index (κ2) is 12.7. The summed E-state index contributed by atoms with van der Waals surface area (Å²) in [6.07, 6.45) is 0. The molecular formula is C50H33NS. The average molecular weight is 680 g/mol. The summed E-state index contributed by atoms with van der Waals surface area (Å²) in [5.74, 6) is 0. The maximum atomic E-state index is 2.47. The monoisotopic (exact) mass is 679 g/mol. The van der Waals surface area contributed by atoms with Gasteiger partial charge in [0.15, 0.2) is 0 Å². The largest absolute Gasteiger partial charge is 0.309 e. The number of rotatable bonds is 6. The molecule has 0 saturated carbocycles. The minimum absolute atomic E-state index is 1.13. The minimum Gasteiger partial charge on any atom is -0.309 e. The maximum absolute atomic E-state index is 2.47. The molecule has 0 N–H and O–H groups in total. The molecule has 0 atom stereocenters. The van der Waals surface area contributed by atoms with Crippen molar-refractivity contribution in [3.8, 4) is 33.4 Å². The molecule has 2 heteroatoms. The molecule has 0 aliphatic rings. The molecule has 0 unspecified atom stereocenters. The Morgan fingerprint density at radius 2 is 0.904 bits per heavy atom. The number of hydrogen-bond acceptors (Lipinski definition) is 2. The van der Waals surface area contributed by atoms with Crippen LogP contribution in [0.2, 0.25) is 0 Å². The van der Waals surface area contributed by atoms with Crippen LogP contribution in [-0.4, -0.2) is 0 Å². The molecule has 1 nitrogen and oxygen atoms in total. The summed E-state index contributed by atoms with van der Waals surface area (Å²) in [6.45, 7) is 0. The molecule has 0 saturated heterocycles. The molecule has 1 aromatic heterocycles. The number of thiophene rings is 1. The maximum Gasteiger partial charge on any atom is 0.0555 e. The fourth-order valence-electron chi connectivity index (χ4n) is 7.66. The van der Waals surface area contributed by atoms with E-state index >= 15 is 0 Å². The van der Waals surface area contributed by atoms with Crippen LogP contribution in [-0.2, 0) is 0 Å². The zero-order valence-corrected chi connectivity index (χ0v) is 29.2. The molecule has 244 valence electrons. The van der Waals surface area contributed by atoms with E-state index in [2.05, 4.69) is 205 Å². The van der Waals surface area contributed by atoms with E-state index in [9.17, 15) is 0 Å². The Morgan fingerprint density at radius 3 is 1.71 bits per heavy atom. The van der Waals surface area contributed by atoms with Gasteiger partial charge >= 0.3 is 0 Å². The standard InChI is InChI=1S/C50H33NS/c1-2-12-38(13-3-1)44-15-6-8-17-46(44)51(47-18-10-20-49-50(47)45-16-7-9-19-48(45)52-49)43-30-29-37-26-28-41(32-42(37)33-43)36-23-21-35(22-24-36)40-27-25-34-11-4-5-14-39(34)31-40/h1-33H. The molecule has 1 heterocycles. The highest BCUT2D eigenvalue weighted by atomic mass is 32.1. The fraction of sp³-hybridized carbons (Fsp3) is 0. The fourth-order valence-corrected chi connectivity index (χ4v) is 8.78. The van der Waals surface area contributed by atoms with E-state index in [0.717, 1.165) is 11.4 Å². The topological polar surface area (TPSA) is 3.24 Å². The Kier molecular flexibility index (Phi) is 7.41. The predicted molar refractivity (Wildman–Crippen MR) is 225 cm³/mol. The summed E-state index contributed by atoms with van der Waals surface area (Å²) in [7, 11) is 0. The van der Waals surface area contributed by atoms with Crippen LogP contribution in [0.3, 0.4) is 0 Å². The first-order valence-electron chi connectivity index (χ1n) is 17.8. The van der Waals surface area contributed by atoms with E-state index in [-0.39, 0.29) is 0 Å². The molecule has 9 aromatic carbocycles. The van der Waals surface area contributed by atoms with Crippen molar-refractivity contribution in [2.75, 3.05) is 4.90 Å². The van der Waals surface area contributed by atoms with Crippen LogP contribution in [0.1, 0.15) is 0 Å². The summed E-state index contributed by atoms with van der Waals surface area (Å²) < 4.78 is 2.59. The second-order valence-electron chi connectivity index (χ2n) is 13.4. The van der Waals surface area contributed by atoms with Crippen LogP contribution >= 0.6 is 11.3 Å². The summed E-state index contributed by atoms with van der Waals surface area (Å²) in [5.41, 5.74) is 10.7. The van der Waals surface area contributed by atoms with Gasteiger partial charge in [-0.15, -0.1) is 11.3 Å². The van der Waals surface area contributed by atoms with Gasteiger partial charge in [-0.2, -0.15) is 0 Å². The SMILES string of the molecule is c1ccc(-c2ccccc2N(c2ccc3ccc(-c4ccc(-c5ccc6ccccc6c5)cc4)cc3c2)c2cccc3sc4ccccc4c23)cc1. The number of para-hydroxylation sites is 1. The highest BCUT2D eigenvalue weighted by Crippen LogP contribution is 2.47. The molecule has 10 rings (SSSR count). The Bertz CT molecular complexity index is 2900. The zero-order valence-electron chi connectivity index (χ0n) is 28.4. The summed E-state index contributed by atoms with van der Waals surface area (Å²) in [5, 5.41) is 7.52. The van der Waals surface area contributed by atoms with Crippen molar-refractivity contribution in [2.24, 2.45) is 0 Å². The van der Waals surface area contributed by atoms with Gasteiger partial charge < -0.3 is 4.90 Å². The summed E-state index contributed by atoms with van der Waals surface area (Å²) in [6, 6.07) is 73.0. The molecule has 0 radical (unpaired) electrons. The lowest BCUT2D eigenvalue weighted by Gasteiger charge is -2.29. The molecule has 0 bridgehead atoms. The van der Waals surface area contributed by atoms with Gasteiger partial charge in [-0.1, -0.05) is 152 Å². The van der Waals surface area contributed by atoms with Crippen LogP contribution < -0.4 is 4.90 Å². The van der Waals surface area contributed by atoms with Gasteiger partial charge in [0.05, 0.1) is 11.4 Å². The molecule has 0 aliphatic heterocycles. The first kappa shape index (κ1) is 30.4. The molecule has 0 aliphatic carbocycles. The number of benzene rings is 9. The number of fused-ring (bicyclic) bond motifs is 5. The molecular weight excluding hydrogens is 647 g/mol. The average Bonchev–Trinajstić information content (AvgIpc) is 3.61. The lowest BCUT2D eigenvalue weighted by molar-refractivity contribution is 1.31. The van der Waals surface area contributed by atoms with E-state index in [1.807, 2.05) is 11.3 Å². The van der Waals surface area contributed by atoms with Crippen molar-refractivity contribution >= 4 is 70.1 Å². The molecule has 0 spiro atoms. The van der Waals surface area contributed by atoms with Crippen molar-refractivity contribution in [2.45, 2.75) is 0 Å². The van der Waals surface area contributed by atoms with E-state index in [0.29, 0.717) is 0 Å². The lowest BCUT2D eigenvalue weighted by atomic mass is 9.96. The molecule has 10 aromatic rings. The quantitative estimate of drug-likeness (QED) is 0.169. The number of anilines is 3. The summed E-state index contributed by atoms with van der Waals surface area (Å²) >= 11 is 1.86. The van der Waals surface area contributed by atoms with E-state index in [4.69, 9.17) is 0 Å². The van der Waals surface area contributed by atoms with Crippen LogP contribution in [0, 0.1) is 0 Å². The highest BCUT2D eigenvalue weighted by Gasteiger charge is 2.21. The third-order valence-corrected chi connectivity index (χ3v) is 11.4.